The fourth-order valence-corrected chi connectivity index (χ4v) is 3.19. The number of nitrogens with two attached hydrogens (primary N) is 1. The van der Waals surface area contributed by atoms with E-state index in [-0.39, 0.29) is 6.10 Å². The lowest BCUT2D eigenvalue weighted by Crippen LogP contribution is -2.34. The predicted octanol–water partition coefficient (Wildman–Crippen LogP) is 2.82. The molecule has 3 aromatic rings. The van der Waals surface area contributed by atoms with E-state index in [4.69, 9.17) is 24.7 Å². The van der Waals surface area contributed by atoms with Crippen LogP contribution in [0.3, 0.4) is 0 Å². The topological polar surface area (TPSA) is 80.8 Å². The van der Waals surface area contributed by atoms with Gasteiger partial charge in [0.25, 0.3) is 0 Å². The molecule has 4 rings (SSSR count). The number of aromatic nitrogens is 2. The van der Waals surface area contributed by atoms with Crippen LogP contribution in [0.2, 0.25) is 0 Å². The molecule has 1 aliphatic heterocycles. The highest BCUT2D eigenvalue weighted by Gasteiger charge is 2.44. The molecule has 1 saturated heterocycles. The number of ether oxygens (including phenoxy) is 4. The van der Waals surface area contributed by atoms with Crippen LogP contribution in [0.15, 0.2) is 67.3 Å². The maximum absolute atomic E-state index is 6.37. The highest BCUT2D eigenvalue weighted by Crippen LogP contribution is 2.37. The predicted molar refractivity (Wildman–Crippen MR) is 104 cm³/mol. The molecule has 2 heterocycles. The molecule has 2 aromatic carbocycles. The number of hydrogen-bond acceptors (Lipinski definition) is 6. The number of benzene rings is 2. The van der Waals surface area contributed by atoms with Crippen molar-refractivity contribution in [3.8, 4) is 11.5 Å². The summed E-state index contributed by atoms with van der Waals surface area (Å²) in [6.07, 6.45) is 5.16. The second kappa shape index (κ2) is 7.92. The first kappa shape index (κ1) is 18.3. The number of nitrogen functional groups attached to an aromatic ring is 1. The van der Waals surface area contributed by atoms with Crippen LogP contribution < -0.4 is 15.2 Å². The molecule has 1 aliphatic rings. The average Bonchev–Trinajstić information content (AvgIpc) is 3.39. The number of anilines is 1. The molecule has 2 unspecified atom stereocenters. The van der Waals surface area contributed by atoms with Gasteiger partial charge in [-0.2, -0.15) is 0 Å². The number of nitrogens with zero attached hydrogens (tertiary/aromatic N) is 2. The SMILES string of the molecule is COc1ccc(C2(Cn3ccnc3)OCC(COc3ccc(N)cc3)O2)cc1. The standard InChI is InChI=1S/C21H23N3O4/c1-25-18-6-2-16(3-7-18)21(14-24-11-10-23-15-24)27-13-20(28-21)12-26-19-8-4-17(22)5-9-19/h2-11,15,20H,12-14,22H2,1H3. The molecule has 0 bridgehead atoms. The normalized spacial score (nSPS) is 21.5. The lowest BCUT2D eigenvalue weighted by molar-refractivity contribution is -0.189. The van der Waals surface area contributed by atoms with Crippen LogP contribution in [0, 0.1) is 0 Å². The third-order valence-corrected chi connectivity index (χ3v) is 4.66. The molecule has 2 N–H and O–H groups in total. The van der Waals surface area contributed by atoms with Gasteiger partial charge in [0.15, 0.2) is 0 Å². The van der Waals surface area contributed by atoms with E-state index >= 15 is 0 Å². The molecular formula is C21H23N3O4. The van der Waals surface area contributed by atoms with Crippen molar-refractivity contribution in [3.63, 3.8) is 0 Å². The molecular weight excluding hydrogens is 358 g/mol. The Hall–Kier alpha value is -3.03. The maximum Gasteiger partial charge on any atom is 0.214 e. The first-order valence-electron chi connectivity index (χ1n) is 9.07. The second-order valence-corrected chi connectivity index (χ2v) is 6.65. The van der Waals surface area contributed by atoms with E-state index in [0.717, 1.165) is 17.1 Å². The van der Waals surface area contributed by atoms with Crippen molar-refractivity contribution in [1.82, 2.24) is 9.55 Å². The van der Waals surface area contributed by atoms with Crippen molar-refractivity contribution < 1.29 is 18.9 Å². The molecule has 0 saturated carbocycles. The van der Waals surface area contributed by atoms with Crippen LogP contribution >= 0.6 is 0 Å². The Balaban J connectivity index is 1.50. The second-order valence-electron chi connectivity index (χ2n) is 6.65. The van der Waals surface area contributed by atoms with Gasteiger partial charge >= 0.3 is 0 Å². The molecule has 7 nitrogen and oxygen atoms in total. The number of rotatable bonds is 7. The first-order chi connectivity index (χ1) is 13.7. The quantitative estimate of drug-likeness (QED) is 0.634. The van der Waals surface area contributed by atoms with Crippen LogP contribution in [0.4, 0.5) is 5.69 Å². The van der Waals surface area contributed by atoms with Crippen molar-refractivity contribution >= 4 is 5.69 Å². The van der Waals surface area contributed by atoms with Gasteiger partial charge in [0.1, 0.15) is 24.2 Å². The minimum absolute atomic E-state index is 0.205. The molecule has 1 aromatic heterocycles. The van der Waals surface area contributed by atoms with E-state index in [0.29, 0.717) is 25.4 Å². The summed E-state index contributed by atoms with van der Waals surface area (Å²) in [5.74, 6) is 0.611. The Kier molecular flexibility index (Phi) is 5.18. The molecule has 0 aliphatic carbocycles. The lowest BCUT2D eigenvalue weighted by Gasteiger charge is -2.29. The van der Waals surface area contributed by atoms with Crippen LogP contribution in [-0.2, 0) is 21.8 Å². The summed E-state index contributed by atoms with van der Waals surface area (Å²) in [5.41, 5.74) is 7.33. The van der Waals surface area contributed by atoms with Crippen LogP contribution in [-0.4, -0.2) is 36.0 Å². The Labute approximate surface area is 163 Å². The monoisotopic (exact) mass is 381 g/mol. The van der Waals surface area contributed by atoms with E-state index in [1.165, 1.54) is 0 Å². The van der Waals surface area contributed by atoms with E-state index in [1.807, 2.05) is 59.3 Å². The van der Waals surface area contributed by atoms with E-state index in [1.54, 1.807) is 19.6 Å². The van der Waals surface area contributed by atoms with Gasteiger partial charge in [0.2, 0.25) is 5.79 Å². The fraction of sp³-hybridized carbons (Fsp3) is 0.286. The maximum atomic E-state index is 6.37. The highest BCUT2D eigenvalue weighted by atomic mass is 16.8. The van der Waals surface area contributed by atoms with E-state index in [9.17, 15) is 0 Å². The zero-order chi connectivity index (χ0) is 19.4. The zero-order valence-corrected chi connectivity index (χ0v) is 15.7. The molecule has 146 valence electrons. The zero-order valence-electron chi connectivity index (χ0n) is 15.7. The molecule has 7 heteroatoms. The van der Waals surface area contributed by atoms with Gasteiger partial charge in [-0.25, -0.2) is 4.98 Å². The first-order valence-corrected chi connectivity index (χ1v) is 9.07. The van der Waals surface area contributed by atoms with Gasteiger partial charge in [-0.05, 0) is 48.5 Å². The third kappa shape index (κ3) is 3.95. The summed E-state index contributed by atoms with van der Waals surface area (Å²) < 4.78 is 25.6. The summed E-state index contributed by atoms with van der Waals surface area (Å²) >= 11 is 0. The largest absolute Gasteiger partial charge is 0.497 e. The van der Waals surface area contributed by atoms with Crippen LogP contribution in [0.1, 0.15) is 5.56 Å². The third-order valence-electron chi connectivity index (χ3n) is 4.66. The van der Waals surface area contributed by atoms with E-state index < -0.39 is 5.79 Å². The fourth-order valence-electron chi connectivity index (χ4n) is 3.19. The molecule has 0 amide bonds. The average molecular weight is 381 g/mol. The van der Waals surface area contributed by atoms with Gasteiger partial charge in [-0.15, -0.1) is 0 Å². The number of imidazole rings is 1. The Morgan fingerprint density at radius 3 is 2.57 bits per heavy atom. The van der Waals surface area contributed by atoms with Crippen LogP contribution in [0.25, 0.3) is 0 Å². The van der Waals surface area contributed by atoms with Gasteiger partial charge < -0.3 is 29.2 Å². The van der Waals surface area contributed by atoms with Crippen molar-refractivity contribution in [1.29, 1.82) is 0 Å². The number of hydrogen-bond donors (Lipinski definition) is 1. The van der Waals surface area contributed by atoms with Gasteiger partial charge in [0.05, 0.1) is 26.6 Å². The van der Waals surface area contributed by atoms with Crippen molar-refractivity contribution in [2.75, 3.05) is 26.1 Å². The Bertz CT molecular complexity index is 881. The molecule has 0 spiro atoms. The summed E-state index contributed by atoms with van der Waals surface area (Å²) in [6, 6.07) is 15.0. The van der Waals surface area contributed by atoms with Crippen molar-refractivity contribution in [3.05, 3.63) is 72.8 Å². The lowest BCUT2D eigenvalue weighted by atomic mass is 10.1. The summed E-state index contributed by atoms with van der Waals surface area (Å²) in [7, 11) is 1.64. The van der Waals surface area contributed by atoms with Crippen molar-refractivity contribution in [2.24, 2.45) is 0 Å². The van der Waals surface area contributed by atoms with Crippen LogP contribution in [0.5, 0.6) is 11.5 Å². The highest BCUT2D eigenvalue weighted by molar-refractivity contribution is 5.41. The van der Waals surface area contributed by atoms with Gasteiger partial charge in [-0.1, -0.05) is 0 Å². The van der Waals surface area contributed by atoms with Gasteiger partial charge in [-0.3, -0.25) is 0 Å². The Morgan fingerprint density at radius 2 is 1.89 bits per heavy atom. The minimum atomic E-state index is -0.915. The summed E-state index contributed by atoms with van der Waals surface area (Å²) in [6.45, 7) is 1.29. The molecule has 2 atom stereocenters. The molecule has 28 heavy (non-hydrogen) atoms. The molecule has 0 radical (unpaired) electrons. The summed E-state index contributed by atoms with van der Waals surface area (Å²) in [4.78, 5) is 4.12. The Morgan fingerprint density at radius 1 is 1.14 bits per heavy atom. The number of methoxy groups -OCH3 is 1. The summed E-state index contributed by atoms with van der Waals surface area (Å²) in [5, 5.41) is 0. The van der Waals surface area contributed by atoms with Gasteiger partial charge in [0, 0.05) is 23.6 Å². The molecule has 1 fully saturated rings. The smallest absolute Gasteiger partial charge is 0.214 e. The van der Waals surface area contributed by atoms with E-state index in [2.05, 4.69) is 4.98 Å². The van der Waals surface area contributed by atoms with Crippen molar-refractivity contribution in [2.45, 2.75) is 18.4 Å². The minimum Gasteiger partial charge on any atom is -0.497 e.